The number of hydrogen-bond acceptors (Lipinski definition) is 6. The van der Waals surface area contributed by atoms with E-state index in [0.29, 0.717) is 12.0 Å². The SMILES string of the molecule is COC(=O)[C@@H]1Cc2ccccc2CN1C(=O)COC(=O)c1ccc(CO)cc1. The van der Waals surface area contributed by atoms with Gasteiger partial charge in [-0.2, -0.15) is 0 Å². The zero-order valence-corrected chi connectivity index (χ0v) is 15.5. The maximum absolute atomic E-state index is 12.7. The molecule has 1 N–H and O–H groups in total. The molecule has 0 spiro atoms. The standard InChI is InChI=1S/C21H21NO6/c1-27-21(26)18-10-16-4-2-3-5-17(16)11-22(18)19(24)13-28-20(25)15-8-6-14(12-23)7-9-15/h2-9,18,23H,10-13H2,1H3/t18-/m0/s1. The molecule has 0 radical (unpaired) electrons. The number of nitrogens with zero attached hydrogens (tertiary/aromatic N) is 1. The molecule has 28 heavy (non-hydrogen) atoms. The first-order valence-electron chi connectivity index (χ1n) is 8.84. The van der Waals surface area contributed by atoms with Gasteiger partial charge in [-0.25, -0.2) is 9.59 Å². The quantitative estimate of drug-likeness (QED) is 0.786. The Hall–Kier alpha value is -3.19. The molecule has 7 nitrogen and oxygen atoms in total. The molecule has 0 fully saturated rings. The maximum atomic E-state index is 12.7. The van der Waals surface area contributed by atoms with Crippen molar-refractivity contribution in [2.75, 3.05) is 13.7 Å². The highest BCUT2D eigenvalue weighted by Gasteiger charge is 2.35. The minimum Gasteiger partial charge on any atom is -0.467 e. The summed E-state index contributed by atoms with van der Waals surface area (Å²) in [5, 5.41) is 9.04. The van der Waals surface area contributed by atoms with Gasteiger partial charge in [0, 0.05) is 13.0 Å². The molecule has 0 aromatic heterocycles. The van der Waals surface area contributed by atoms with Gasteiger partial charge in [0.2, 0.25) is 0 Å². The molecule has 0 aliphatic carbocycles. The zero-order chi connectivity index (χ0) is 20.1. The number of carbonyl (C=O) groups excluding carboxylic acids is 3. The van der Waals surface area contributed by atoms with E-state index in [-0.39, 0.29) is 18.7 Å². The number of esters is 2. The minimum atomic E-state index is -0.755. The predicted octanol–water partition coefficient (Wildman–Crippen LogP) is 1.46. The Balaban J connectivity index is 1.69. The van der Waals surface area contributed by atoms with Gasteiger partial charge in [-0.15, -0.1) is 0 Å². The van der Waals surface area contributed by atoms with Crippen molar-refractivity contribution in [3.63, 3.8) is 0 Å². The zero-order valence-electron chi connectivity index (χ0n) is 15.5. The van der Waals surface area contributed by atoms with Gasteiger partial charge in [0.1, 0.15) is 6.04 Å². The van der Waals surface area contributed by atoms with Gasteiger partial charge < -0.3 is 19.5 Å². The van der Waals surface area contributed by atoms with E-state index in [2.05, 4.69) is 0 Å². The molecular weight excluding hydrogens is 362 g/mol. The summed E-state index contributed by atoms with van der Waals surface area (Å²) < 4.78 is 9.96. The van der Waals surface area contributed by atoms with Crippen LogP contribution in [0.5, 0.6) is 0 Å². The lowest BCUT2D eigenvalue weighted by molar-refractivity contribution is -0.155. The van der Waals surface area contributed by atoms with Gasteiger partial charge in [-0.1, -0.05) is 36.4 Å². The molecule has 1 heterocycles. The van der Waals surface area contributed by atoms with Crippen LogP contribution in [-0.2, 0) is 38.6 Å². The van der Waals surface area contributed by atoms with E-state index in [1.807, 2.05) is 24.3 Å². The number of fused-ring (bicyclic) bond motifs is 1. The molecule has 1 aliphatic heterocycles. The van der Waals surface area contributed by atoms with E-state index >= 15 is 0 Å². The highest BCUT2D eigenvalue weighted by atomic mass is 16.5. The topological polar surface area (TPSA) is 93.1 Å². The van der Waals surface area contributed by atoms with Gasteiger partial charge in [0.25, 0.3) is 5.91 Å². The van der Waals surface area contributed by atoms with E-state index in [9.17, 15) is 14.4 Å². The number of aliphatic hydroxyl groups excluding tert-OH is 1. The summed E-state index contributed by atoms with van der Waals surface area (Å²) in [6.07, 6.45) is 0.352. The van der Waals surface area contributed by atoms with Crippen molar-refractivity contribution in [1.29, 1.82) is 0 Å². The predicted molar refractivity (Wildman–Crippen MR) is 99.1 cm³/mol. The number of rotatable bonds is 5. The summed E-state index contributed by atoms with van der Waals surface area (Å²) in [5.74, 6) is -1.62. The van der Waals surface area contributed by atoms with Crippen molar-refractivity contribution in [3.05, 3.63) is 70.8 Å². The fourth-order valence-electron chi connectivity index (χ4n) is 3.17. The fraction of sp³-hybridized carbons (Fsp3) is 0.286. The van der Waals surface area contributed by atoms with Crippen LogP contribution >= 0.6 is 0 Å². The number of carbonyl (C=O) groups is 3. The molecule has 2 aromatic carbocycles. The lowest BCUT2D eigenvalue weighted by Crippen LogP contribution is -2.50. The van der Waals surface area contributed by atoms with E-state index in [4.69, 9.17) is 14.6 Å². The van der Waals surface area contributed by atoms with Crippen LogP contribution in [0.15, 0.2) is 48.5 Å². The highest BCUT2D eigenvalue weighted by molar-refractivity contribution is 5.92. The third-order valence-corrected chi connectivity index (χ3v) is 4.74. The first kappa shape index (κ1) is 19.6. The molecule has 2 aromatic rings. The van der Waals surface area contributed by atoms with E-state index in [0.717, 1.165) is 11.1 Å². The molecule has 146 valence electrons. The summed E-state index contributed by atoms with van der Waals surface area (Å²) in [4.78, 5) is 38.4. The summed E-state index contributed by atoms with van der Waals surface area (Å²) in [6, 6.07) is 13.1. The number of benzene rings is 2. The van der Waals surface area contributed by atoms with Gasteiger partial charge in [0.05, 0.1) is 19.3 Å². The number of ether oxygens (including phenoxy) is 2. The molecule has 1 amide bonds. The fourth-order valence-corrected chi connectivity index (χ4v) is 3.17. The van der Waals surface area contributed by atoms with Crippen LogP contribution in [0, 0.1) is 0 Å². The highest BCUT2D eigenvalue weighted by Crippen LogP contribution is 2.24. The number of amides is 1. The van der Waals surface area contributed by atoms with Crippen molar-refractivity contribution in [2.24, 2.45) is 0 Å². The van der Waals surface area contributed by atoms with Crippen LogP contribution < -0.4 is 0 Å². The molecule has 1 aliphatic rings. The monoisotopic (exact) mass is 383 g/mol. The Morgan fingerprint density at radius 2 is 1.75 bits per heavy atom. The van der Waals surface area contributed by atoms with Crippen molar-refractivity contribution in [3.8, 4) is 0 Å². The molecule has 1 atom stereocenters. The summed E-state index contributed by atoms with van der Waals surface area (Å²) in [5.41, 5.74) is 2.88. The Morgan fingerprint density at radius 1 is 1.07 bits per heavy atom. The average Bonchev–Trinajstić information content (AvgIpc) is 2.75. The van der Waals surface area contributed by atoms with E-state index in [1.165, 1.54) is 24.1 Å². The van der Waals surface area contributed by atoms with Crippen LogP contribution in [0.25, 0.3) is 0 Å². The smallest absolute Gasteiger partial charge is 0.338 e. The maximum Gasteiger partial charge on any atom is 0.338 e. The Morgan fingerprint density at radius 3 is 2.39 bits per heavy atom. The summed E-state index contributed by atoms with van der Waals surface area (Å²) >= 11 is 0. The van der Waals surface area contributed by atoms with Crippen LogP contribution in [0.4, 0.5) is 0 Å². The number of hydrogen-bond donors (Lipinski definition) is 1. The second kappa shape index (κ2) is 8.67. The third-order valence-electron chi connectivity index (χ3n) is 4.74. The Bertz CT molecular complexity index is 877. The molecule has 0 saturated heterocycles. The third kappa shape index (κ3) is 4.20. The van der Waals surface area contributed by atoms with Crippen LogP contribution in [0.3, 0.4) is 0 Å². The van der Waals surface area contributed by atoms with Crippen molar-refractivity contribution in [2.45, 2.75) is 25.6 Å². The first-order chi connectivity index (χ1) is 13.5. The van der Waals surface area contributed by atoms with Crippen molar-refractivity contribution >= 4 is 17.8 Å². The summed E-state index contributed by atoms with van der Waals surface area (Å²) in [7, 11) is 1.28. The molecule has 0 saturated carbocycles. The lowest BCUT2D eigenvalue weighted by Gasteiger charge is -2.35. The largest absolute Gasteiger partial charge is 0.467 e. The van der Waals surface area contributed by atoms with E-state index in [1.54, 1.807) is 12.1 Å². The van der Waals surface area contributed by atoms with Crippen LogP contribution in [-0.4, -0.2) is 47.6 Å². The van der Waals surface area contributed by atoms with Crippen molar-refractivity contribution in [1.82, 2.24) is 4.90 Å². The van der Waals surface area contributed by atoms with Gasteiger partial charge in [-0.3, -0.25) is 4.79 Å². The van der Waals surface area contributed by atoms with Crippen LogP contribution in [0.1, 0.15) is 27.0 Å². The Kier molecular flexibility index (Phi) is 6.06. The normalized spacial score (nSPS) is 15.5. The number of methoxy groups -OCH3 is 1. The average molecular weight is 383 g/mol. The first-order valence-corrected chi connectivity index (χ1v) is 8.84. The molecule has 0 bridgehead atoms. The van der Waals surface area contributed by atoms with Crippen LogP contribution in [0.2, 0.25) is 0 Å². The lowest BCUT2D eigenvalue weighted by atomic mass is 9.94. The Labute approximate surface area is 162 Å². The second-order valence-electron chi connectivity index (χ2n) is 6.46. The second-order valence-corrected chi connectivity index (χ2v) is 6.46. The molecular formula is C21H21NO6. The van der Waals surface area contributed by atoms with Crippen molar-refractivity contribution < 1.29 is 29.0 Å². The van der Waals surface area contributed by atoms with E-state index < -0.39 is 30.5 Å². The number of aliphatic hydroxyl groups is 1. The minimum absolute atomic E-state index is 0.126. The van der Waals surface area contributed by atoms with Gasteiger partial charge in [0.15, 0.2) is 6.61 Å². The molecule has 0 unspecified atom stereocenters. The molecule has 3 rings (SSSR count). The summed E-state index contributed by atoms with van der Waals surface area (Å²) in [6.45, 7) is -0.354. The van der Waals surface area contributed by atoms with Gasteiger partial charge >= 0.3 is 11.9 Å². The van der Waals surface area contributed by atoms with Gasteiger partial charge in [-0.05, 0) is 28.8 Å². The molecule has 7 heteroatoms.